The minimum Gasteiger partial charge on any atom is -0.384 e. The van der Waals surface area contributed by atoms with Crippen molar-refractivity contribution in [1.82, 2.24) is 0 Å². The molecule has 0 saturated carbocycles. The molecule has 4 rings (SSSR count). The summed E-state index contributed by atoms with van der Waals surface area (Å²) >= 11 is 0. The number of primary sulfonamides is 1. The highest BCUT2D eigenvalue weighted by Crippen LogP contribution is 2.33. The average molecular weight is 475 g/mol. The number of allylic oxidation sites excluding steroid dienone is 1. The van der Waals surface area contributed by atoms with Crippen LogP contribution in [0, 0.1) is 5.41 Å². The van der Waals surface area contributed by atoms with E-state index < -0.39 is 15.9 Å². The second kappa shape index (κ2) is 8.69. The number of amides is 2. The van der Waals surface area contributed by atoms with Gasteiger partial charge in [0.15, 0.2) is 0 Å². The van der Waals surface area contributed by atoms with Gasteiger partial charge in [-0.2, -0.15) is 0 Å². The Bertz CT molecular complexity index is 1460. The topological polar surface area (TPSA) is 147 Å². The maximum absolute atomic E-state index is 13.1. The molecule has 0 atom stereocenters. The number of nitrogens with zero attached hydrogens (tertiary/aromatic N) is 1. The Kier molecular flexibility index (Phi) is 5.90. The Morgan fingerprint density at radius 3 is 2.09 bits per heavy atom. The lowest BCUT2D eigenvalue weighted by atomic mass is 9.99. The van der Waals surface area contributed by atoms with E-state index in [2.05, 4.69) is 0 Å². The molecule has 1 fully saturated rings. The molecular formula is C25H22N4O4S. The zero-order chi connectivity index (χ0) is 24.6. The maximum atomic E-state index is 13.1. The van der Waals surface area contributed by atoms with Crippen LogP contribution in [0.15, 0.2) is 83.3 Å². The van der Waals surface area contributed by atoms with Gasteiger partial charge in [-0.25, -0.2) is 18.5 Å². The van der Waals surface area contributed by atoms with E-state index in [0.717, 1.165) is 10.5 Å². The number of amidine groups is 1. The molecule has 172 valence electrons. The molecule has 0 bridgehead atoms. The highest BCUT2D eigenvalue weighted by molar-refractivity contribution is 7.89. The van der Waals surface area contributed by atoms with E-state index >= 15 is 0 Å². The molecule has 1 saturated heterocycles. The van der Waals surface area contributed by atoms with Crippen LogP contribution in [0.1, 0.15) is 24.5 Å². The van der Waals surface area contributed by atoms with Gasteiger partial charge in [0.2, 0.25) is 15.9 Å². The Labute approximate surface area is 197 Å². The fourth-order valence-corrected chi connectivity index (χ4v) is 4.69. The molecule has 9 heteroatoms. The molecule has 0 aliphatic carbocycles. The summed E-state index contributed by atoms with van der Waals surface area (Å²) in [6.07, 6.45) is -0.0326. The van der Waals surface area contributed by atoms with Crippen molar-refractivity contribution in [3.63, 3.8) is 0 Å². The van der Waals surface area contributed by atoms with Crippen LogP contribution in [-0.2, 0) is 19.6 Å². The molecular weight excluding hydrogens is 452 g/mol. The van der Waals surface area contributed by atoms with Crippen LogP contribution in [0.5, 0.6) is 0 Å². The molecule has 2 amide bonds. The summed E-state index contributed by atoms with van der Waals surface area (Å²) in [5.74, 6) is -0.807. The number of nitrogens with one attached hydrogen (secondary N) is 1. The summed E-state index contributed by atoms with van der Waals surface area (Å²) < 4.78 is 23.8. The third-order valence-corrected chi connectivity index (χ3v) is 6.72. The van der Waals surface area contributed by atoms with Crippen LogP contribution < -0.4 is 15.8 Å². The zero-order valence-corrected chi connectivity index (χ0v) is 19.1. The largest absolute Gasteiger partial charge is 0.384 e. The Balaban J connectivity index is 1.65. The third-order valence-electron chi connectivity index (χ3n) is 5.75. The van der Waals surface area contributed by atoms with Crippen LogP contribution in [0.4, 0.5) is 5.69 Å². The first-order valence-corrected chi connectivity index (χ1v) is 11.9. The van der Waals surface area contributed by atoms with Gasteiger partial charge in [0.1, 0.15) is 5.84 Å². The molecule has 1 aliphatic rings. The number of carbonyl (C=O) groups excluding carboxylic acids is 2. The molecule has 0 radical (unpaired) electrons. The first-order chi connectivity index (χ1) is 16.1. The van der Waals surface area contributed by atoms with E-state index in [1.54, 1.807) is 73.7 Å². The van der Waals surface area contributed by atoms with Crippen molar-refractivity contribution in [2.24, 2.45) is 10.9 Å². The van der Waals surface area contributed by atoms with Gasteiger partial charge in [-0.1, -0.05) is 54.6 Å². The highest BCUT2D eigenvalue weighted by atomic mass is 32.2. The van der Waals surface area contributed by atoms with Crippen molar-refractivity contribution in [1.29, 1.82) is 5.41 Å². The van der Waals surface area contributed by atoms with E-state index in [1.807, 2.05) is 0 Å². The SMILES string of the molecule is C/C(=C1\CC(=O)N(c2ccc(-c3ccccc3S(N)(=O)=O)cc2)C1=O)c1ccc(C(=N)N)cc1. The number of nitrogens with two attached hydrogens (primary N) is 2. The molecule has 3 aromatic carbocycles. The summed E-state index contributed by atoms with van der Waals surface area (Å²) in [6, 6.07) is 19.8. The quantitative estimate of drug-likeness (QED) is 0.225. The van der Waals surface area contributed by atoms with Crippen molar-refractivity contribution < 1.29 is 18.0 Å². The van der Waals surface area contributed by atoms with E-state index in [4.69, 9.17) is 16.3 Å². The number of carbonyl (C=O) groups is 2. The molecule has 1 heterocycles. The van der Waals surface area contributed by atoms with Gasteiger partial charge in [0, 0.05) is 16.7 Å². The summed E-state index contributed by atoms with van der Waals surface area (Å²) in [5, 5.41) is 12.8. The Morgan fingerprint density at radius 2 is 1.50 bits per heavy atom. The summed E-state index contributed by atoms with van der Waals surface area (Å²) in [4.78, 5) is 27.0. The van der Waals surface area contributed by atoms with Gasteiger partial charge in [0.25, 0.3) is 5.91 Å². The smallest absolute Gasteiger partial charge is 0.261 e. The van der Waals surface area contributed by atoms with Gasteiger partial charge < -0.3 is 5.73 Å². The minimum absolute atomic E-state index is 0.00675. The first kappa shape index (κ1) is 23.1. The van der Waals surface area contributed by atoms with Gasteiger partial charge in [-0.05, 0) is 41.8 Å². The number of benzene rings is 3. The second-order valence-corrected chi connectivity index (χ2v) is 9.42. The number of nitrogen functional groups attached to an aromatic ring is 1. The molecule has 34 heavy (non-hydrogen) atoms. The molecule has 0 aromatic heterocycles. The molecule has 0 unspecified atom stereocenters. The van der Waals surface area contributed by atoms with E-state index in [0.29, 0.717) is 33.5 Å². The van der Waals surface area contributed by atoms with Gasteiger partial charge in [-0.3, -0.25) is 15.0 Å². The lowest BCUT2D eigenvalue weighted by molar-refractivity contribution is -0.120. The predicted octanol–water partition coefficient (Wildman–Crippen LogP) is 3.02. The average Bonchev–Trinajstić information content (AvgIpc) is 3.12. The number of anilines is 1. The molecule has 3 aromatic rings. The first-order valence-electron chi connectivity index (χ1n) is 10.3. The number of imide groups is 1. The Morgan fingerprint density at radius 1 is 0.912 bits per heavy atom. The monoisotopic (exact) mass is 474 g/mol. The van der Waals surface area contributed by atoms with Crippen molar-refractivity contribution in [2.75, 3.05) is 4.90 Å². The van der Waals surface area contributed by atoms with E-state index in [9.17, 15) is 18.0 Å². The van der Waals surface area contributed by atoms with Crippen LogP contribution in [-0.4, -0.2) is 26.1 Å². The van der Waals surface area contributed by atoms with Gasteiger partial charge >= 0.3 is 0 Å². The van der Waals surface area contributed by atoms with Gasteiger partial charge in [0.05, 0.1) is 17.0 Å². The minimum atomic E-state index is -3.92. The molecule has 1 aliphatic heterocycles. The fraction of sp³-hybridized carbons (Fsp3) is 0.0800. The number of hydrogen-bond donors (Lipinski definition) is 3. The number of sulfonamides is 1. The summed E-state index contributed by atoms with van der Waals surface area (Å²) in [6.45, 7) is 1.78. The van der Waals surface area contributed by atoms with Crippen LogP contribution >= 0.6 is 0 Å². The van der Waals surface area contributed by atoms with Gasteiger partial charge in [-0.15, -0.1) is 0 Å². The van der Waals surface area contributed by atoms with Crippen molar-refractivity contribution in [3.8, 4) is 11.1 Å². The number of hydrogen-bond acceptors (Lipinski definition) is 5. The fourth-order valence-electron chi connectivity index (χ4n) is 3.93. The van der Waals surface area contributed by atoms with Crippen molar-refractivity contribution in [3.05, 3.63) is 89.5 Å². The van der Waals surface area contributed by atoms with E-state index in [1.165, 1.54) is 6.07 Å². The lowest BCUT2D eigenvalue weighted by Crippen LogP contribution is -2.29. The number of rotatable bonds is 5. The van der Waals surface area contributed by atoms with Crippen LogP contribution in [0.2, 0.25) is 0 Å². The van der Waals surface area contributed by atoms with Crippen molar-refractivity contribution >= 4 is 38.9 Å². The van der Waals surface area contributed by atoms with Crippen LogP contribution in [0.25, 0.3) is 16.7 Å². The standard InChI is InChI=1S/C25H22N4O4S/c1-15(16-6-8-18(9-7-16)24(26)27)21-14-23(30)29(25(21)31)19-12-10-17(11-13-19)20-4-2-3-5-22(20)34(28,32)33/h2-13H,14H2,1H3,(H3,26,27)(H2,28,32,33)/b21-15-. The third kappa shape index (κ3) is 4.26. The summed E-state index contributed by atoms with van der Waals surface area (Å²) in [5.41, 5.74) is 9.30. The predicted molar refractivity (Wildman–Crippen MR) is 130 cm³/mol. The van der Waals surface area contributed by atoms with E-state index in [-0.39, 0.29) is 23.1 Å². The molecule has 0 spiro atoms. The van der Waals surface area contributed by atoms with Crippen molar-refractivity contribution in [2.45, 2.75) is 18.2 Å². The summed E-state index contributed by atoms with van der Waals surface area (Å²) in [7, 11) is -3.92. The zero-order valence-electron chi connectivity index (χ0n) is 18.3. The Hall–Kier alpha value is -4.08. The molecule has 5 N–H and O–H groups in total. The second-order valence-electron chi connectivity index (χ2n) is 7.89. The lowest BCUT2D eigenvalue weighted by Gasteiger charge is -2.15. The molecule has 8 nitrogen and oxygen atoms in total. The normalized spacial score (nSPS) is 15.5. The van der Waals surface area contributed by atoms with Crippen LogP contribution in [0.3, 0.4) is 0 Å². The highest BCUT2D eigenvalue weighted by Gasteiger charge is 2.36. The maximum Gasteiger partial charge on any atom is 0.261 e.